The van der Waals surface area contributed by atoms with E-state index < -0.39 is 12.2 Å². The van der Waals surface area contributed by atoms with Crippen LogP contribution in [-0.4, -0.2) is 26.1 Å². The van der Waals surface area contributed by atoms with E-state index in [1.165, 1.54) is 0 Å². The zero-order valence-electron chi connectivity index (χ0n) is 9.89. The number of nitrogens with zero attached hydrogens (tertiary/aromatic N) is 2. The summed E-state index contributed by atoms with van der Waals surface area (Å²) in [4.78, 5) is 0. The first kappa shape index (κ1) is 13.7. The Morgan fingerprint density at radius 2 is 2.06 bits per heavy atom. The van der Waals surface area contributed by atoms with Crippen LogP contribution in [0.25, 0.3) is 0 Å². The van der Waals surface area contributed by atoms with E-state index in [1.807, 2.05) is 20.8 Å². The Kier molecular flexibility index (Phi) is 4.95. The van der Waals surface area contributed by atoms with Gasteiger partial charge in [0.25, 0.3) is 0 Å². The van der Waals surface area contributed by atoms with Gasteiger partial charge in [0.2, 0.25) is 0 Å². The van der Waals surface area contributed by atoms with E-state index in [0.29, 0.717) is 5.69 Å². The standard InChI is InChI=1S/C11H19BrN2O2/c1-4-5-14-9(8(12)6-13-14)11(16)10(15)7(2)3/h6-7,10-11,15-16H,4-5H2,1-3H3. The summed E-state index contributed by atoms with van der Waals surface area (Å²) in [7, 11) is 0. The number of rotatable bonds is 5. The minimum absolute atomic E-state index is 0.00637. The van der Waals surface area contributed by atoms with Crippen molar-refractivity contribution in [3.05, 3.63) is 16.4 Å². The summed E-state index contributed by atoms with van der Waals surface area (Å²) in [6.07, 6.45) is 0.916. The van der Waals surface area contributed by atoms with Gasteiger partial charge in [-0.25, -0.2) is 0 Å². The lowest BCUT2D eigenvalue weighted by molar-refractivity contribution is -0.0144. The molecule has 0 aromatic carbocycles. The van der Waals surface area contributed by atoms with Crippen LogP contribution in [0.2, 0.25) is 0 Å². The summed E-state index contributed by atoms with van der Waals surface area (Å²) in [6.45, 7) is 6.54. The van der Waals surface area contributed by atoms with Gasteiger partial charge in [-0.2, -0.15) is 5.10 Å². The Balaban J connectivity index is 2.96. The summed E-state index contributed by atoms with van der Waals surface area (Å²) < 4.78 is 2.48. The zero-order chi connectivity index (χ0) is 12.3. The molecule has 1 rings (SSSR count). The Morgan fingerprint density at radius 3 is 2.56 bits per heavy atom. The molecule has 92 valence electrons. The number of aromatic nitrogens is 2. The molecule has 0 aliphatic carbocycles. The molecule has 0 spiro atoms. The largest absolute Gasteiger partial charge is 0.390 e. The van der Waals surface area contributed by atoms with Crippen molar-refractivity contribution in [1.29, 1.82) is 0 Å². The maximum atomic E-state index is 10.1. The lowest BCUT2D eigenvalue weighted by atomic mass is 10.00. The molecule has 0 saturated heterocycles. The Bertz CT molecular complexity index is 339. The average molecular weight is 291 g/mol. The molecule has 1 aromatic rings. The van der Waals surface area contributed by atoms with Crippen molar-refractivity contribution in [2.45, 2.75) is 45.9 Å². The van der Waals surface area contributed by atoms with E-state index in [4.69, 9.17) is 0 Å². The van der Waals surface area contributed by atoms with Crippen molar-refractivity contribution in [3.63, 3.8) is 0 Å². The van der Waals surface area contributed by atoms with Crippen LogP contribution < -0.4 is 0 Å². The first-order chi connectivity index (χ1) is 7.49. The Morgan fingerprint density at radius 1 is 1.44 bits per heavy atom. The van der Waals surface area contributed by atoms with E-state index in [1.54, 1.807) is 10.9 Å². The van der Waals surface area contributed by atoms with Crippen LogP contribution in [0.15, 0.2) is 10.7 Å². The maximum absolute atomic E-state index is 10.1. The highest BCUT2D eigenvalue weighted by molar-refractivity contribution is 9.10. The van der Waals surface area contributed by atoms with Crippen LogP contribution in [0.5, 0.6) is 0 Å². The second-order valence-electron chi connectivity index (χ2n) is 4.28. The maximum Gasteiger partial charge on any atom is 0.123 e. The van der Waals surface area contributed by atoms with Gasteiger partial charge in [-0.15, -0.1) is 0 Å². The van der Waals surface area contributed by atoms with Crippen LogP contribution in [-0.2, 0) is 6.54 Å². The van der Waals surface area contributed by atoms with Crippen LogP contribution in [0.3, 0.4) is 0 Å². The fraction of sp³-hybridized carbons (Fsp3) is 0.727. The number of halogens is 1. The Labute approximate surface area is 104 Å². The molecule has 0 bridgehead atoms. The van der Waals surface area contributed by atoms with Gasteiger partial charge in [-0.1, -0.05) is 20.8 Å². The topological polar surface area (TPSA) is 58.3 Å². The van der Waals surface area contributed by atoms with Gasteiger partial charge in [0.15, 0.2) is 0 Å². The third kappa shape index (κ3) is 2.84. The fourth-order valence-corrected chi connectivity index (χ4v) is 2.11. The zero-order valence-corrected chi connectivity index (χ0v) is 11.5. The smallest absolute Gasteiger partial charge is 0.123 e. The SMILES string of the molecule is CCCn1ncc(Br)c1C(O)C(O)C(C)C. The summed E-state index contributed by atoms with van der Waals surface area (Å²) in [6, 6.07) is 0. The molecule has 0 amide bonds. The average Bonchev–Trinajstić information content (AvgIpc) is 2.58. The number of aliphatic hydroxyl groups is 2. The molecule has 1 aromatic heterocycles. The first-order valence-electron chi connectivity index (χ1n) is 5.56. The van der Waals surface area contributed by atoms with E-state index in [-0.39, 0.29) is 5.92 Å². The summed E-state index contributed by atoms with van der Waals surface area (Å²) >= 11 is 3.35. The van der Waals surface area contributed by atoms with Crippen molar-refractivity contribution < 1.29 is 10.2 Å². The third-order valence-corrected chi connectivity index (χ3v) is 3.17. The van der Waals surface area contributed by atoms with Gasteiger partial charge in [0.05, 0.1) is 22.5 Å². The van der Waals surface area contributed by atoms with Gasteiger partial charge in [-0.05, 0) is 28.3 Å². The highest BCUT2D eigenvalue weighted by Gasteiger charge is 2.26. The monoisotopic (exact) mass is 290 g/mol. The normalized spacial score (nSPS) is 15.4. The van der Waals surface area contributed by atoms with E-state index in [0.717, 1.165) is 17.4 Å². The quantitative estimate of drug-likeness (QED) is 0.873. The predicted octanol–water partition coefficient (Wildman–Crippen LogP) is 2.11. The highest BCUT2D eigenvalue weighted by Crippen LogP contribution is 2.28. The molecule has 0 fully saturated rings. The van der Waals surface area contributed by atoms with Gasteiger partial charge in [-0.3, -0.25) is 4.68 Å². The van der Waals surface area contributed by atoms with Crippen molar-refractivity contribution in [1.82, 2.24) is 9.78 Å². The molecule has 16 heavy (non-hydrogen) atoms. The summed E-state index contributed by atoms with van der Waals surface area (Å²) in [5, 5.41) is 24.1. The van der Waals surface area contributed by atoms with E-state index >= 15 is 0 Å². The van der Waals surface area contributed by atoms with Gasteiger partial charge in [0.1, 0.15) is 6.10 Å². The molecule has 0 aliphatic heterocycles. The van der Waals surface area contributed by atoms with Crippen LogP contribution in [0, 0.1) is 5.92 Å². The third-order valence-electron chi connectivity index (χ3n) is 2.56. The minimum atomic E-state index is -0.900. The number of hydrogen-bond acceptors (Lipinski definition) is 3. The number of aliphatic hydroxyl groups excluding tert-OH is 2. The molecule has 0 aliphatic rings. The predicted molar refractivity (Wildman–Crippen MR) is 66.0 cm³/mol. The Hall–Kier alpha value is -0.390. The second-order valence-corrected chi connectivity index (χ2v) is 5.13. The minimum Gasteiger partial charge on any atom is -0.390 e. The van der Waals surface area contributed by atoms with Gasteiger partial charge in [0, 0.05) is 6.54 Å². The molecule has 2 N–H and O–H groups in total. The second kappa shape index (κ2) is 5.80. The fourth-order valence-electron chi connectivity index (χ4n) is 1.58. The van der Waals surface area contributed by atoms with E-state index in [9.17, 15) is 10.2 Å². The molecule has 0 radical (unpaired) electrons. The van der Waals surface area contributed by atoms with Crippen molar-refractivity contribution in [2.75, 3.05) is 0 Å². The summed E-state index contributed by atoms with van der Waals surface area (Å²) in [5.41, 5.74) is 0.656. The molecule has 0 saturated carbocycles. The van der Waals surface area contributed by atoms with Gasteiger partial charge >= 0.3 is 0 Å². The molecule has 2 unspecified atom stereocenters. The van der Waals surface area contributed by atoms with E-state index in [2.05, 4.69) is 21.0 Å². The van der Waals surface area contributed by atoms with Crippen LogP contribution >= 0.6 is 15.9 Å². The number of aryl methyl sites for hydroxylation is 1. The summed E-state index contributed by atoms with van der Waals surface area (Å²) in [5.74, 6) is 0.00637. The lowest BCUT2D eigenvalue weighted by Crippen LogP contribution is -2.26. The first-order valence-corrected chi connectivity index (χ1v) is 6.35. The molecular weight excluding hydrogens is 272 g/mol. The van der Waals surface area contributed by atoms with Crippen molar-refractivity contribution in [2.24, 2.45) is 5.92 Å². The molecule has 1 heterocycles. The molecular formula is C11H19BrN2O2. The highest BCUT2D eigenvalue weighted by atomic mass is 79.9. The molecule has 2 atom stereocenters. The van der Waals surface area contributed by atoms with Crippen LogP contribution in [0.4, 0.5) is 0 Å². The van der Waals surface area contributed by atoms with Crippen molar-refractivity contribution in [3.8, 4) is 0 Å². The molecule has 4 nitrogen and oxygen atoms in total. The molecule has 5 heteroatoms. The number of hydrogen-bond donors (Lipinski definition) is 2. The van der Waals surface area contributed by atoms with Crippen molar-refractivity contribution >= 4 is 15.9 Å². The van der Waals surface area contributed by atoms with Gasteiger partial charge < -0.3 is 10.2 Å². The lowest BCUT2D eigenvalue weighted by Gasteiger charge is -2.22. The van der Waals surface area contributed by atoms with Crippen LogP contribution in [0.1, 0.15) is 39.0 Å².